The summed E-state index contributed by atoms with van der Waals surface area (Å²) in [6, 6.07) is 11.6. The zero-order valence-corrected chi connectivity index (χ0v) is 16.4. The van der Waals surface area contributed by atoms with Crippen molar-refractivity contribution in [3.8, 4) is 11.1 Å². The van der Waals surface area contributed by atoms with Crippen LogP contribution >= 0.6 is 0 Å². The first-order valence-corrected chi connectivity index (χ1v) is 10.1. The van der Waals surface area contributed by atoms with E-state index in [1.165, 1.54) is 0 Å². The number of hydrogen-bond acceptors (Lipinski definition) is 6. The highest BCUT2D eigenvalue weighted by molar-refractivity contribution is 5.80. The molecular formula is C22H21N7O. The van der Waals surface area contributed by atoms with E-state index in [-0.39, 0.29) is 18.4 Å². The van der Waals surface area contributed by atoms with Gasteiger partial charge in [-0.05, 0) is 42.7 Å². The molecule has 0 N–H and O–H groups in total. The summed E-state index contributed by atoms with van der Waals surface area (Å²) < 4.78 is 1.67. The summed E-state index contributed by atoms with van der Waals surface area (Å²) >= 11 is 0. The second-order valence-electron chi connectivity index (χ2n) is 7.47. The number of para-hydroxylation sites is 1. The highest BCUT2D eigenvalue weighted by Crippen LogP contribution is 2.32. The summed E-state index contributed by atoms with van der Waals surface area (Å²) in [7, 11) is 0. The standard InChI is InChI=1S/C22H21N7O/c30-21(14-29-20-6-2-1-5-19(20)26-27-29)28-11-3-4-17(13-28)22-18(12-24-15-25-22)16-7-9-23-10-8-16/h1-2,5-10,12,15,17H,3-4,11,13-14H2. The third-order valence-corrected chi connectivity index (χ3v) is 5.60. The van der Waals surface area contributed by atoms with Crippen molar-refractivity contribution in [2.24, 2.45) is 0 Å². The first kappa shape index (κ1) is 18.4. The maximum atomic E-state index is 13.0. The van der Waals surface area contributed by atoms with E-state index in [9.17, 15) is 4.79 Å². The van der Waals surface area contributed by atoms with E-state index in [1.807, 2.05) is 47.5 Å². The van der Waals surface area contributed by atoms with Gasteiger partial charge in [0.1, 0.15) is 18.4 Å². The molecule has 0 spiro atoms. The van der Waals surface area contributed by atoms with Crippen LogP contribution in [0.5, 0.6) is 0 Å². The van der Waals surface area contributed by atoms with Crippen molar-refractivity contribution in [1.82, 2.24) is 34.8 Å². The maximum Gasteiger partial charge on any atom is 0.244 e. The van der Waals surface area contributed by atoms with Gasteiger partial charge in [-0.25, -0.2) is 14.6 Å². The Morgan fingerprint density at radius 1 is 1.10 bits per heavy atom. The first-order chi connectivity index (χ1) is 14.8. The van der Waals surface area contributed by atoms with Crippen LogP contribution in [0.4, 0.5) is 0 Å². The van der Waals surface area contributed by atoms with Crippen LogP contribution in [0.15, 0.2) is 61.3 Å². The number of aromatic nitrogens is 6. The molecule has 0 bridgehead atoms. The largest absolute Gasteiger partial charge is 0.340 e. The lowest BCUT2D eigenvalue weighted by atomic mass is 9.90. The Kier molecular flexibility index (Phi) is 4.88. The molecule has 1 saturated heterocycles. The third-order valence-electron chi connectivity index (χ3n) is 5.60. The summed E-state index contributed by atoms with van der Waals surface area (Å²) in [4.78, 5) is 27.9. The second kappa shape index (κ2) is 7.98. The van der Waals surface area contributed by atoms with Crippen LogP contribution in [-0.2, 0) is 11.3 Å². The van der Waals surface area contributed by atoms with Crippen LogP contribution in [0, 0.1) is 0 Å². The SMILES string of the molecule is O=C(Cn1nnc2ccccc21)N1CCCC(c2ncncc2-c2ccncc2)C1. The predicted molar refractivity (Wildman–Crippen MR) is 111 cm³/mol. The summed E-state index contributed by atoms with van der Waals surface area (Å²) in [6.07, 6.45) is 8.90. The quantitative estimate of drug-likeness (QED) is 0.524. The van der Waals surface area contributed by atoms with Crippen molar-refractivity contribution in [3.63, 3.8) is 0 Å². The number of piperidine rings is 1. The topological polar surface area (TPSA) is 89.7 Å². The van der Waals surface area contributed by atoms with Crippen molar-refractivity contribution in [2.75, 3.05) is 13.1 Å². The highest BCUT2D eigenvalue weighted by Gasteiger charge is 2.28. The van der Waals surface area contributed by atoms with Crippen molar-refractivity contribution >= 4 is 16.9 Å². The second-order valence-corrected chi connectivity index (χ2v) is 7.47. The molecule has 0 aliphatic carbocycles. The lowest BCUT2D eigenvalue weighted by Gasteiger charge is -2.33. The Hall–Kier alpha value is -3.68. The third kappa shape index (κ3) is 3.52. The molecule has 8 heteroatoms. The first-order valence-electron chi connectivity index (χ1n) is 10.1. The number of fused-ring (bicyclic) bond motifs is 1. The van der Waals surface area contributed by atoms with Crippen molar-refractivity contribution in [2.45, 2.75) is 25.3 Å². The fourth-order valence-electron chi connectivity index (χ4n) is 4.11. The lowest BCUT2D eigenvalue weighted by Crippen LogP contribution is -2.41. The fraction of sp³-hybridized carbons (Fsp3) is 0.273. The van der Waals surface area contributed by atoms with Gasteiger partial charge in [-0.3, -0.25) is 9.78 Å². The van der Waals surface area contributed by atoms with Gasteiger partial charge in [0, 0.05) is 43.2 Å². The van der Waals surface area contributed by atoms with Gasteiger partial charge in [-0.2, -0.15) is 0 Å². The average molecular weight is 399 g/mol. The fourth-order valence-corrected chi connectivity index (χ4v) is 4.11. The molecule has 5 rings (SSSR count). The van der Waals surface area contributed by atoms with Crippen LogP contribution in [0.25, 0.3) is 22.2 Å². The Bertz CT molecular complexity index is 1170. The maximum absolute atomic E-state index is 13.0. The van der Waals surface area contributed by atoms with Crippen molar-refractivity contribution in [1.29, 1.82) is 0 Å². The molecule has 1 aliphatic rings. The Morgan fingerprint density at radius 2 is 1.97 bits per heavy atom. The molecular weight excluding hydrogens is 378 g/mol. The van der Waals surface area contributed by atoms with Crippen LogP contribution in [-0.4, -0.2) is 53.8 Å². The molecule has 1 unspecified atom stereocenters. The van der Waals surface area contributed by atoms with Crippen molar-refractivity contribution < 1.29 is 4.79 Å². The molecule has 4 heterocycles. The predicted octanol–water partition coefficient (Wildman–Crippen LogP) is 2.69. The molecule has 150 valence electrons. The zero-order valence-electron chi connectivity index (χ0n) is 16.4. The minimum Gasteiger partial charge on any atom is -0.340 e. The summed E-state index contributed by atoms with van der Waals surface area (Å²) in [6.45, 7) is 1.58. The van der Waals surface area contributed by atoms with Gasteiger partial charge in [-0.1, -0.05) is 17.3 Å². The van der Waals surface area contributed by atoms with Crippen molar-refractivity contribution in [3.05, 3.63) is 67.0 Å². The van der Waals surface area contributed by atoms with Crippen LogP contribution in [0.1, 0.15) is 24.5 Å². The molecule has 1 amide bonds. The summed E-state index contributed by atoms with van der Waals surface area (Å²) in [5, 5.41) is 8.30. The van der Waals surface area contributed by atoms with E-state index in [0.717, 1.165) is 47.2 Å². The normalized spacial score (nSPS) is 16.7. The van der Waals surface area contributed by atoms with Crippen LogP contribution < -0.4 is 0 Å². The molecule has 4 aromatic rings. The number of carbonyl (C=O) groups is 1. The van der Waals surface area contributed by atoms with Gasteiger partial charge >= 0.3 is 0 Å². The number of hydrogen-bond donors (Lipinski definition) is 0. The molecule has 0 saturated carbocycles. The number of pyridine rings is 1. The summed E-state index contributed by atoms with van der Waals surface area (Å²) in [5.41, 5.74) is 4.69. The minimum absolute atomic E-state index is 0.0508. The van der Waals surface area contributed by atoms with Crippen LogP contribution in [0.3, 0.4) is 0 Å². The van der Waals surface area contributed by atoms with Gasteiger partial charge < -0.3 is 4.90 Å². The van der Waals surface area contributed by atoms with E-state index in [0.29, 0.717) is 6.54 Å². The Morgan fingerprint density at radius 3 is 2.87 bits per heavy atom. The number of carbonyl (C=O) groups excluding carboxylic acids is 1. The molecule has 3 aromatic heterocycles. The van der Waals surface area contributed by atoms with Gasteiger partial charge in [0.2, 0.25) is 5.91 Å². The van der Waals surface area contributed by atoms with E-state index in [4.69, 9.17) is 0 Å². The molecule has 0 radical (unpaired) electrons. The molecule has 1 aromatic carbocycles. The molecule has 8 nitrogen and oxygen atoms in total. The van der Waals surface area contributed by atoms with E-state index in [2.05, 4.69) is 25.3 Å². The molecule has 1 aliphatic heterocycles. The number of nitrogens with zero attached hydrogens (tertiary/aromatic N) is 7. The van der Waals surface area contributed by atoms with Gasteiger partial charge in [0.05, 0.1) is 11.2 Å². The minimum atomic E-state index is 0.0508. The van der Waals surface area contributed by atoms with Gasteiger partial charge in [0.25, 0.3) is 0 Å². The van der Waals surface area contributed by atoms with Crippen LogP contribution in [0.2, 0.25) is 0 Å². The summed E-state index contributed by atoms with van der Waals surface area (Å²) in [5.74, 6) is 0.219. The number of rotatable bonds is 4. The Balaban J connectivity index is 1.36. The number of amides is 1. The van der Waals surface area contributed by atoms with E-state index < -0.39 is 0 Å². The van der Waals surface area contributed by atoms with Gasteiger partial charge in [-0.15, -0.1) is 5.10 Å². The molecule has 30 heavy (non-hydrogen) atoms. The number of benzene rings is 1. The molecule has 1 atom stereocenters. The van der Waals surface area contributed by atoms with E-state index >= 15 is 0 Å². The lowest BCUT2D eigenvalue weighted by molar-refractivity contribution is -0.133. The Labute approximate surface area is 173 Å². The average Bonchev–Trinajstić information content (AvgIpc) is 3.22. The zero-order chi connectivity index (χ0) is 20.3. The van der Waals surface area contributed by atoms with E-state index in [1.54, 1.807) is 23.4 Å². The monoisotopic (exact) mass is 399 g/mol. The smallest absolute Gasteiger partial charge is 0.244 e. The highest BCUT2D eigenvalue weighted by atomic mass is 16.2. The number of likely N-dealkylation sites (tertiary alicyclic amines) is 1. The van der Waals surface area contributed by atoms with Gasteiger partial charge in [0.15, 0.2) is 0 Å². The molecule has 1 fully saturated rings.